The second-order valence-electron chi connectivity index (χ2n) is 5.39. The van der Waals surface area contributed by atoms with Crippen LogP contribution < -0.4 is 11.1 Å². The maximum atomic E-state index is 5.92. The van der Waals surface area contributed by atoms with Gasteiger partial charge in [0.1, 0.15) is 5.82 Å². The molecule has 118 valence electrons. The lowest BCUT2D eigenvalue weighted by Gasteiger charge is -2.06. The average molecular weight is 307 g/mol. The average Bonchev–Trinajstić information content (AvgIpc) is 2.98. The Morgan fingerprint density at radius 3 is 2.70 bits per heavy atom. The van der Waals surface area contributed by atoms with E-state index < -0.39 is 0 Å². The van der Waals surface area contributed by atoms with Gasteiger partial charge in [0.15, 0.2) is 5.96 Å². The molecule has 2 aromatic carbocycles. The number of benzene rings is 2. The van der Waals surface area contributed by atoms with Crippen LogP contribution in [0.4, 0.5) is 5.69 Å². The lowest BCUT2D eigenvalue weighted by molar-refractivity contribution is 0.898. The number of aryl methyl sites for hydroxylation is 1. The third kappa shape index (κ3) is 3.88. The van der Waals surface area contributed by atoms with E-state index in [1.165, 1.54) is 5.56 Å². The van der Waals surface area contributed by atoms with Crippen LogP contribution >= 0.6 is 0 Å². The molecule has 0 unspecified atom stereocenters. The van der Waals surface area contributed by atoms with Crippen molar-refractivity contribution in [2.45, 2.75) is 19.8 Å². The summed E-state index contributed by atoms with van der Waals surface area (Å²) in [5.41, 5.74) is 10.2. The molecule has 0 aliphatic heterocycles. The molecular formula is C18H21N5. The summed E-state index contributed by atoms with van der Waals surface area (Å²) in [5.74, 6) is 1.35. The minimum atomic E-state index is 0.422. The molecule has 0 saturated heterocycles. The zero-order valence-corrected chi connectivity index (χ0v) is 13.2. The van der Waals surface area contributed by atoms with Gasteiger partial charge in [-0.1, -0.05) is 31.2 Å². The largest absolute Gasteiger partial charge is 0.370 e. The molecule has 3 rings (SSSR count). The molecule has 0 amide bonds. The number of hydrogen-bond acceptors (Lipinski definition) is 2. The van der Waals surface area contributed by atoms with Gasteiger partial charge in [0.25, 0.3) is 0 Å². The molecule has 1 aromatic heterocycles. The molecule has 23 heavy (non-hydrogen) atoms. The monoisotopic (exact) mass is 307 g/mol. The Labute approximate surface area is 135 Å². The fourth-order valence-electron chi connectivity index (χ4n) is 2.42. The summed E-state index contributed by atoms with van der Waals surface area (Å²) < 4.78 is 0. The number of aromatic nitrogens is 2. The molecule has 3 aromatic rings. The van der Waals surface area contributed by atoms with Crippen molar-refractivity contribution < 1.29 is 0 Å². The molecular weight excluding hydrogens is 286 g/mol. The molecule has 0 fully saturated rings. The van der Waals surface area contributed by atoms with Crippen LogP contribution in [0.15, 0.2) is 53.5 Å². The van der Waals surface area contributed by atoms with Crippen molar-refractivity contribution in [1.29, 1.82) is 0 Å². The van der Waals surface area contributed by atoms with Gasteiger partial charge in [-0.25, -0.2) is 4.98 Å². The van der Waals surface area contributed by atoms with Crippen LogP contribution in [0.3, 0.4) is 0 Å². The minimum Gasteiger partial charge on any atom is -0.370 e. The van der Waals surface area contributed by atoms with Gasteiger partial charge in [0.05, 0.1) is 11.0 Å². The number of anilines is 1. The number of aliphatic imine (C=N–C) groups is 1. The first kappa shape index (κ1) is 15.1. The van der Waals surface area contributed by atoms with Crippen molar-refractivity contribution >= 4 is 22.7 Å². The van der Waals surface area contributed by atoms with E-state index >= 15 is 0 Å². The van der Waals surface area contributed by atoms with Crippen molar-refractivity contribution in [1.82, 2.24) is 9.97 Å². The van der Waals surface area contributed by atoms with Crippen LogP contribution in [0, 0.1) is 0 Å². The van der Waals surface area contributed by atoms with E-state index in [2.05, 4.69) is 39.3 Å². The quantitative estimate of drug-likeness (QED) is 0.500. The number of nitrogens with two attached hydrogens (primary N) is 1. The smallest absolute Gasteiger partial charge is 0.193 e. The third-order valence-electron chi connectivity index (χ3n) is 3.70. The molecule has 0 aliphatic rings. The highest BCUT2D eigenvalue weighted by atomic mass is 15.1. The van der Waals surface area contributed by atoms with Crippen LogP contribution in [0.25, 0.3) is 11.0 Å². The highest BCUT2D eigenvalue weighted by Gasteiger charge is 2.01. The molecule has 0 spiro atoms. The van der Waals surface area contributed by atoms with Gasteiger partial charge in [-0.05, 0) is 36.2 Å². The summed E-state index contributed by atoms with van der Waals surface area (Å²) >= 11 is 0. The number of imidazole rings is 1. The second kappa shape index (κ2) is 6.96. The SMILES string of the molecule is CCc1ccc(NC(N)=NCCc2nc3ccccc3[nH]2)cc1. The Morgan fingerprint density at radius 1 is 1.17 bits per heavy atom. The summed E-state index contributed by atoms with van der Waals surface area (Å²) in [5, 5.41) is 3.10. The molecule has 0 radical (unpaired) electrons. The fraction of sp³-hybridized carbons (Fsp3) is 0.222. The van der Waals surface area contributed by atoms with Crippen molar-refractivity contribution in [2.24, 2.45) is 10.7 Å². The first-order chi connectivity index (χ1) is 11.2. The number of hydrogen-bond donors (Lipinski definition) is 3. The maximum absolute atomic E-state index is 5.92. The number of para-hydroxylation sites is 2. The Morgan fingerprint density at radius 2 is 1.96 bits per heavy atom. The standard InChI is InChI=1S/C18H21N5/c1-2-13-7-9-14(10-8-13)21-18(19)20-12-11-17-22-15-5-3-4-6-16(15)23-17/h3-10H,2,11-12H2,1H3,(H,22,23)(H3,19,20,21). The molecule has 0 atom stereocenters. The number of nitrogens with one attached hydrogen (secondary N) is 2. The normalized spacial score (nSPS) is 11.8. The molecule has 5 heteroatoms. The van der Waals surface area contributed by atoms with E-state index in [4.69, 9.17) is 5.73 Å². The van der Waals surface area contributed by atoms with Crippen LogP contribution in [0.1, 0.15) is 18.3 Å². The lowest BCUT2D eigenvalue weighted by atomic mass is 10.1. The number of guanidine groups is 1. The number of H-pyrrole nitrogens is 1. The molecule has 0 saturated carbocycles. The number of nitrogens with zero attached hydrogens (tertiary/aromatic N) is 2. The van der Waals surface area contributed by atoms with Gasteiger partial charge < -0.3 is 16.0 Å². The zero-order chi connectivity index (χ0) is 16.1. The Kier molecular flexibility index (Phi) is 4.57. The summed E-state index contributed by atoms with van der Waals surface area (Å²) in [6.07, 6.45) is 1.76. The van der Waals surface area contributed by atoms with Crippen LogP contribution in [0.2, 0.25) is 0 Å². The van der Waals surface area contributed by atoms with Gasteiger partial charge in [-0.3, -0.25) is 4.99 Å². The van der Waals surface area contributed by atoms with E-state index in [1.54, 1.807) is 0 Å². The number of fused-ring (bicyclic) bond motifs is 1. The van der Waals surface area contributed by atoms with Gasteiger partial charge in [-0.2, -0.15) is 0 Å². The van der Waals surface area contributed by atoms with Crippen LogP contribution in [0.5, 0.6) is 0 Å². The van der Waals surface area contributed by atoms with E-state index in [9.17, 15) is 0 Å². The minimum absolute atomic E-state index is 0.422. The van der Waals surface area contributed by atoms with E-state index in [-0.39, 0.29) is 0 Å². The van der Waals surface area contributed by atoms with Gasteiger partial charge in [-0.15, -0.1) is 0 Å². The Hall–Kier alpha value is -2.82. The first-order valence-corrected chi connectivity index (χ1v) is 7.84. The first-order valence-electron chi connectivity index (χ1n) is 7.84. The lowest BCUT2D eigenvalue weighted by Crippen LogP contribution is -2.23. The maximum Gasteiger partial charge on any atom is 0.193 e. The summed E-state index contributed by atoms with van der Waals surface area (Å²) in [7, 11) is 0. The van der Waals surface area contributed by atoms with E-state index in [1.807, 2.05) is 36.4 Å². The number of rotatable bonds is 5. The summed E-state index contributed by atoms with van der Waals surface area (Å²) in [6, 6.07) is 16.2. The summed E-state index contributed by atoms with van der Waals surface area (Å²) in [6.45, 7) is 2.72. The topological polar surface area (TPSA) is 79.1 Å². The van der Waals surface area contributed by atoms with Gasteiger partial charge in [0.2, 0.25) is 0 Å². The molecule has 4 N–H and O–H groups in total. The molecule has 1 heterocycles. The van der Waals surface area contributed by atoms with Gasteiger partial charge in [0, 0.05) is 18.7 Å². The van der Waals surface area contributed by atoms with E-state index in [0.29, 0.717) is 12.5 Å². The molecule has 0 aliphatic carbocycles. The second-order valence-corrected chi connectivity index (χ2v) is 5.39. The molecule has 5 nitrogen and oxygen atoms in total. The fourth-order valence-corrected chi connectivity index (χ4v) is 2.42. The van der Waals surface area contributed by atoms with Crippen LogP contribution in [-0.2, 0) is 12.8 Å². The highest BCUT2D eigenvalue weighted by molar-refractivity contribution is 5.92. The predicted molar refractivity (Wildman–Crippen MR) is 95.7 cm³/mol. The van der Waals surface area contributed by atoms with Crippen molar-refractivity contribution in [3.63, 3.8) is 0 Å². The number of aromatic amines is 1. The van der Waals surface area contributed by atoms with Crippen LogP contribution in [-0.4, -0.2) is 22.5 Å². The van der Waals surface area contributed by atoms with E-state index in [0.717, 1.165) is 35.4 Å². The highest BCUT2D eigenvalue weighted by Crippen LogP contribution is 2.11. The zero-order valence-electron chi connectivity index (χ0n) is 13.2. The predicted octanol–water partition coefficient (Wildman–Crippen LogP) is 3.09. The van der Waals surface area contributed by atoms with Crippen molar-refractivity contribution in [3.05, 3.63) is 59.9 Å². The Bertz CT molecular complexity index is 769. The molecule has 0 bridgehead atoms. The Balaban J connectivity index is 1.56. The van der Waals surface area contributed by atoms with Gasteiger partial charge >= 0.3 is 0 Å². The van der Waals surface area contributed by atoms with Crippen molar-refractivity contribution in [2.75, 3.05) is 11.9 Å². The van der Waals surface area contributed by atoms with Crippen molar-refractivity contribution in [3.8, 4) is 0 Å². The summed E-state index contributed by atoms with van der Waals surface area (Å²) in [4.78, 5) is 12.2. The third-order valence-corrected chi connectivity index (χ3v) is 3.70.